The summed E-state index contributed by atoms with van der Waals surface area (Å²) in [6.07, 6.45) is 2.64. The fourth-order valence-electron chi connectivity index (χ4n) is 2.09. The number of likely N-dealkylation sites (tertiary alicyclic amines) is 1. The van der Waals surface area contributed by atoms with Crippen LogP contribution in [0.3, 0.4) is 0 Å². The van der Waals surface area contributed by atoms with Crippen molar-refractivity contribution in [2.45, 2.75) is 26.2 Å². The van der Waals surface area contributed by atoms with Crippen molar-refractivity contribution in [1.29, 1.82) is 0 Å². The van der Waals surface area contributed by atoms with Crippen LogP contribution in [0.2, 0.25) is 0 Å². The Labute approximate surface area is 103 Å². The maximum atomic E-state index is 12.1. The van der Waals surface area contributed by atoms with Crippen molar-refractivity contribution >= 4 is 11.9 Å². The van der Waals surface area contributed by atoms with Gasteiger partial charge in [0.05, 0.1) is 0 Å². The molecule has 0 bridgehead atoms. The molecule has 0 aromatic carbocycles. The normalized spacial score (nSPS) is 19.9. The predicted molar refractivity (Wildman–Crippen MR) is 66.7 cm³/mol. The lowest BCUT2D eigenvalue weighted by Gasteiger charge is -2.34. The Hall–Kier alpha value is -1.26. The first-order valence-electron chi connectivity index (χ1n) is 6.25. The molecule has 0 aliphatic carbocycles. The van der Waals surface area contributed by atoms with Crippen LogP contribution in [-0.4, -0.2) is 55.5 Å². The van der Waals surface area contributed by atoms with E-state index < -0.39 is 0 Å². The summed E-state index contributed by atoms with van der Waals surface area (Å²) in [4.78, 5) is 26.7. The molecule has 0 aromatic rings. The van der Waals surface area contributed by atoms with Gasteiger partial charge in [-0.2, -0.15) is 0 Å². The van der Waals surface area contributed by atoms with Gasteiger partial charge in [0, 0.05) is 40.2 Å². The molecule has 1 saturated heterocycles. The minimum atomic E-state index is -0.0309. The molecule has 5 nitrogen and oxygen atoms in total. The van der Waals surface area contributed by atoms with Gasteiger partial charge in [-0.05, 0) is 18.8 Å². The zero-order valence-corrected chi connectivity index (χ0v) is 11.0. The van der Waals surface area contributed by atoms with E-state index in [0.29, 0.717) is 18.9 Å². The Morgan fingerprint density at radius 2 is 2.18 bits per heavy atom. The van der Waals surface area contributed by atoms with E-state index in [1.165, 1.54) is 6.42 Å². The van der Waals surface area contributed by atoms with Crippen LogP contribution < -0.4 is 5.32 Å². The SMILES string of the molecule is CNC(=O)CCN(C)C(=O)N1CCCC(C)C1. The molecule has 0 aromatic heterocycles. The number of nitrogens with one attached hydrogen (secondary N) is 1. The summed E-state index contributed by atoms with van der Waals surface area (Å²) in [5, 5.41) is 2.56. The predicted octanol–water partition coefficient (Wildman–Crippen LogP) is 0.906. The first-order chi connectivity index (χ1) is 8.04. The largest absolute Gasteiger partial charge is 0.359 e. The van der Waals surface area contributed by atoms with Crippen LogP contribution in [0.4, 0.5) is 4.79 Å². The molecule has 1 fully saturated rings. The molecule has 3 amide bonds. The van der Waals surface area contributed by atoms with Crippen LogP contribution in [0.1, 0.15) is 26.2 Å². The third kappa shape index (κ3) is 4.24. The molecular formula is C12H23N3O2. The van der Waals surface area contributed by atoms with E-state index in [1.807, 2.05) is 4.90 Å². The number of carbonyl (C=O) groups is 2. The molecule has 1 rings (SSSR count). The second-order valence-corrected chi connectivity index (χ2v) is 4.82. The molecule has 1 heterocycles. The fourth-order valence-corrected chi connectivity index (χ4v) is 2.09. The Morgan fingerprint density at radius 1 is 1.47 bits per heavy atom. The molecule has 17 heavy (non-hydrogen) atoms. The molecule has 1 atom stereocenters. The van der Waals surface area contributed by atoms with Crippen molar-refractivity contribution in [2.24, 2.45) is 5.92 Å². The van der Waals surface area contributed by atoms with Crippen molar-refractivity contribution in [1.82, 2.24) is 15.1 Å². The summed E-state index contributed by atoms with van der Waals surface area (Å²) in [5.74, 6) is 0.553. The summed E-state index contributed by atoms with van der Waals surface area (Å²) in [7, 11) is 3.36. The zero-order valence-electron chi connectivity index (χ0n) is 11.0. The van der Waals surface area contributed by atoms with Crippen molar-refractivity contribution in [3.63, 3.8) is 0 Å². The number of hydrogen-bond acceptors (Lipinski definition) is 2. The van der Waals surface area contributed by atoms with Crippen LogP contribution in [0, 0.1) is 5.92 Å². The number of amides is 3. The van der Waals surface area contributed by atoms with Crippen LogP contribution in [0.25, 0.3) is 0 Å². The summed E-state index contributed by atoms with van der Waals surface area (Å²) in [6.45, 7) is 4.32. The van der Waals surface area contributed by atoms with E-state index in [2.05, 4.69) is 12.2 Å². The van der Waals surface area contributed by atoms with Crippen molar-refractivity contribution in [2.75, 3.05) is 33.7 Å². The highest BCUT2D eigenvalue weighted by Gasteiger charge is 2.23. The molecule has 98 valence electrons. The molecule has 1 aliphatic rings. The van der Waals surface area contributed by atoms with Gasteiger partial charge in [-0.25, -0.2) is 4.79 Å². The Balaban J connectivity index is 2.37. The van der Waals surface area contributed by atoms with Crippen molar-refractivity contribution in [3.05, 3.63) is 0 Å². The monoisotopic (exact) mass is 241 g/mol. The number of rotatable bonds is 3. The van der Waals surface area contributed by atoms with Gasteiger partial charge in [0.2, 0.25) is 5.91 Å². The summed E-state index contributed by atoms with van der Waals surface area (Å²) in [5.41, 5.74) is 0. The summed E-state index contributed by atoms with van der Waals surface area (Å²) >= 11 is 0. The van der Waals surface area contributed by atoms with E-state index in [1.54, 1.807) is 19.0 Å². The lowest BCUT2D eigenvalue weighted by molar-refractivity contribution is -0.120. The van der Waals surface area contributed by atoms with Gasteiger partial charge in [-0.3, -0.25) is 4.79 Å². The maximum absolute atomic E-state index is 12.1. The average Bonchev–Trinajstić information content (AvgIpc) is 2.34. The number of urea groups is 1. The first kappa shape index (κ1) is 13.8. The van der Waals surface area contributed by atoms with Gasteiger partial charge < -0.3 is 15.1 Å². The van der Waals surface area contributed by atoms with E-state index in [9.17, 15) is 9.59 Å². The third-order valence-electron chi connectivity index (χ3n) is 3.21. The minimum Gasteiger partial charge on any atom is -0.359 e. The van der Waals surface area contributed by atoms with E-state index in [-0.39, 0.29) is 11.9 Å². The molecule has 1 unspecified atom stereocenters. The molecule has 0 spiro atoms. The van der Waals surface area contributed by atoms with Crippen LogP contribution in [-0.2, 0) is 4.79 Å². The van der Waals surface area contributed by atoms with Gasteiger partial charge in [0.15, 0.2) is 0 Å². The van der Waals surface area contributed by atoms with Gasteiger partial charge >= 0.3 is 6.03 Å². The molecular weight excluding hydrogens is 218 g/mol. The fraction of sp³-hybridized carbons (Fsp3) is 0.833. The quantitative estimate of drug-likeness (QED) is 0.798. The van der Waals surface area contributed by atoms with Gasteiger partial charge in [-0.15, -0.1) is 0 Å². The number of piperidine rings is 1. The molecule has 5 heteroatoms. The molecule has 1 aliphatic heterocycles. The first-order valence-corrected chi connectivity index (χ1v) is 6.25. The van der Waals surface area contributed by atoms with E-state index in [4.69, 9.17) is 0 Å². The second-order valence-electron chi connectivity index (χ2n) is 4.82. The van der Waals surface area contributed by atoms with Crippen LogP contribution in [0.15, 0.2) is 0 Å². The lowest BCUT2D eigenvalue weighted by Crippen LogP contribution is -2.46. The lowest BCUT2D eigenvalue weighted by atomic mass is 10.0. The topological polar surface area (TPSA) is 52.7 Å². The standard InChI is InChI=1S/C12H23N3O2/c1-10-5-4-7-15(9-10)12(17)14(3)8-6-11(16)13-2/h10H,4-9H2,1-3H3,(H,13,16). The number of nitrogens with zero attached hydrogens (tertiary/aromatic N) is 2. The smallest absolute Gasteiger partial charge is 0.319 e. The highest BCUT2D eigenvalue weighted by molar-refractivity contribution is 5.78. The average molecular weight is 241 g/mol. The highest BCUT2D eigenvalue weighted by atomic mass is 16.2. The Bertz CT molecular complexity index is 281. The van der Waals surface area contributed by atoms with E-state index in [0.717, 1.165) is 19.5 Å². The Morgan fingerprint density at radius 3 is 2.76 bits per heavy atom. The van der Waals surface area contributed by atoms with E-state index >= 15 is 0 Å². The van der Waals surface area contributed by atoms with Crippen LogP contribution in [0.5, 0.6) is 0 Å². The van der Waals surface area contributed by atoms with Crippen molar-refractivity contribution in [3.8, 4) is 0 Å². The molecule has 0 radical (unpaired) electrons. The van der Waals surface area contributed by atoms with Crippen molar-refractivity contribution < 1.29 is 9.59 Å². The Kier molecular flexibility index (Phi) is 5.25. The summed E-state index contributed by atoms with van der Waals surface area (Å²) < 4.78 is 0. The number of hydrogen-bond donors (Lipinski definition) is 1. The van der Waals surface area contributed by atoms with Crippen LogP contribution >= 0.6 is 0 Å². The maximum Gasteiger partial charge on any atom is 0.319 e. The number of carbonyl (C=O) groups excluding carboxylic acids is 2. The summed E-state index contributed by atoms with van der Waals surface area (Å²) in [6, 6.07) is 0.0421. The second kappa shape index (κ2) is 6.47. The third-order valence-corrected chi connectivity index (χ3v) is 3.21. The van der Waals surface area contributed by atoms with Gasteiger partial charge in [0.1, 0.15) is 0 Å². The molecule has 0 saturated carbocycles. The molecule has 1 N–H and O–H groups in total. The van der Waals surface area contributed by atoms with Gasteiger partial charge in [0.25, 0.3) is 0 Å². The minimum absolute atomic E-state index is 0.0309. The highest BCUT2D eigenvalue weighted by Crippen LogP contribution is 2.16. The zero-order chi connectivity index (χ0) is 12.8. The van der Waals surface area contributed by atoms with Gasteiger partial charge in [-0.1, -0.05) is 6.92 Å².